The molecule has 0 unspecified atom stereocenters. The van der Waals surface area contributed by atoms with E-state index in [1.807, 2.05) is 6.92 Å². The largest absolute Gasteiger partial charge is 0.454 e. The van der Waals surface area contributed by atoms with Gasteiger partial charge in [-0.1, -0.05) is 13.3 Å². The van der Waals surface area contributed by atoms with Gasteiger partial charge in [-0.3, -0.25) is 4.79 Å². The highest BCUT2D eigenvalue weighted by atomic mass is 16.9. The lowest BCUT2D eigenvalue weighted by molar-refractivity contribution is -0.246. The highest BCUT2D eigenvalue weighted by Gasteiger charge is 2.65. The second-order valence-electron chi connectivity index (χ2n) is 8.11. The summed E-state index contributed by atoms with van der Waals surface area (Å²) in [6, 6.07) is 0. The summed E-state index contributed by atoms with van der Waals surface area (Å²) in [5.41, 5.74) is -0.661. The fourth-order valence-electron chi connectivity index (χ4n) is 3.93. The molecule has 0 aromatic carbocycles. The molecule has 3 aliphatic heterocycles. The van der Waals surface area contributed by atoms with Crippen LogP contribution in [0.4, 0.5) is 0 Å². The molecule has 0 radical (unpaired) electrons. The van der Waals surface area contributed by atoms with E-state index < -0.39 is 53.8 Å². The van der Waals surface area contributed by atoms with E-state index in [0.717, 1.165) is 25.7 Å². The summed E-state index contributed by atoms with van der Waals surface area (Å²) in [7, 11) is 0. The van der Waals surface area contributed by atoms with Crippen molar-refractivity contribution in [1.29, 1.82) is 0 Å². The Balaban J connectivity index is 1.45. The molecule has 1 spiro atoms. The van der Waals surface area contributed by atoms with Crippen molar-refractivity contribution in [2.24, 2.45) is 5.41 Å². The van der Waals surface area contributed by atoms with Gasteiger partial charge >= 0.3 is 11.9 Å². The minimum atomic E-state index is -1.05. The van der Waals surface area contributed by atoms with E-state index in [1.165, 1.54) is 6.42 Å². The molecule has 7 nitrogen and oxygen atoms in total. The van der Waals surface area contributed by atoms with Crippen molar-refractivity contribution in [3.63, 3.8) is 0 Å². The fraction of sp³-hybridized carbons (Fsp3) is 0.889. The summed E-state index contributed by atoms with van der Waals surface area (Å²) in [6.07, 6.45) is 2.25. The van der Waals surface area contributed by atoms with Crippen LogP contribution in [0.5, 0.6) is 0 Å². The summed E-state index contributed by atoms with van der Waals surface area (Å²) in [6.45, 7) is 5.48. The summed E-state index contributed by atoms with van der Waals surface area (Å²) in [4.78, 5) is 24.5. The van der Waals surface area contributed by atoms with Gasteiger partial charge in [-0.2, -0.15) is 0 Å². The second-order valence-corrected chi connectivity index (χ2v) is 8.11. The molecule has 0 amide bonds. The Morgan fingerprint density at radius 2 is 1.88 bits per heavy atom. The lowest BCUT2D eigenvalue weighted by Crippen LogP contribution is -2.41. The van der Waals surface area contributed by atoms with Crippen LogP contribution in [0.15, 0.2) is 0 Å². The maximum absolute atomic E-state index is 12.3. The topological polar surface area (TPSA) is 80.3 Å². The van der Waals surface area contributed by atoms with Crippen molar-refractivity contribution in [2.75, 3.05) is 0 Å². The smallest absolute Gasteiger partial charge is 0.350 e. The van der Waals surface area contributed by atoms with Gasteiger partial charge in [-0.15, -0.1) is 0 Å². The zero-order chi connectivity index (χ0) is 17.8. The Labute approximate surface area is 147 Å². The van der Waals surface area contributed by atoms with E-state index in [9.17, 15) is 9.59 Å². The van der Waals surface area contributed by atoms with Crippen LogP contribution in [-0.2, 0) is 33.3 Å². The number of ether oxygens (including phenoxy) is 5. The van der Waals surface area contributed by atoms with Crippen molar-refractivity contribution >= 4 is 11.9 Å². The SMILES string of the molecule is CCC(C)(C)C(=O)O[C@@H]1C(=O)O[C@@H]2[C@@H]3OC4(CCCCC4)O[C@@H]3O[C@@H]21. The van der Waals surface area contributed by atoms with Crippen LogP contribution in [0.3, 0.4) is 0 Å². The highest BCUT2D eigenvalue weighted by Crippen LogP contribution is 2.48. The number of hydrogen-bond donors (Lipinski definition) is 0. The third-order valence-electron chi connectivity index (χ3n) is 5.96. The standard InChI is InChI=1S/C18H26O7/c1-4-17(2,3)16(20)23-12-10-11(21-14(12)19)13-15(22-10)25-18(24-13)8-6-5-7-9-18/h10-13,15H,4-9H2,1-3H3/t10-,11-,12-,13-,15-/m0/s1. The van der Waals surface area contributed by atoms with Gasteiger partial charge in [0.15, 0.2) is 24.3 Å². The van der Waals surface area contributed by atoms with Crippen molar-refractivity contribution in [2.45, 2.75) is 95.8 Å². The summed E-state index contributed by atoms with van der Waals surface area (Å²) < 4.78 is 29.0. The Morgan fingerprint density at radius 1 is 1.16 bits per heavy atom. The van der Waals surface area contributed by atoms with E-state index in [0.29, 0.717) is 6.42 Å². The van der Waals surface area contributed by atoms with E-state index in [1.54, 1.807) is 13.8 Å². The van der Waals surface area contributed by atoms with Gasteiger partial charge in [0.05, 0.1) is 5.41 Å². The molecule has 3 saturated heterocycles. The van der Waals surface area contributed by atoms with Crippen LogP contribution in [0.2, 0.25) is 0 Å². The summed E-state index contributed by atoms with van der Waals surface area (Å²) in [5.74, 6) is -1.60. The second kappa shape index (κ2) is 5.93. The molecule has 4 fully saturated rings. The number of carbonyl (C=O) groups excluding carboxylic acids is 2. The molecule has 0 aromatic rings. The van der Waals surface area contributed by atoms with E-state index in [4.69, 9.17) is 23.7 Å². The minimum Gasteiger partial charge on any atom is -0.454 e. The van der Waals surface area contributed by atoms with Gasteiger partial charge in [0, 0.05) is 12.8 Å². The predicted octanol–water partition coefficient (Wildman–Crippen LogP) is 2.06. The van der Waals surface area contributed by atoms with Crippen molar-refractivity contribution in [3.8, 4) is 0 Å². The zero-order valence-corrected chi connectivity index (χ0v) is 15.0. The molecular weight excluding hydrogens is 328 g/mol. The lowest BCUT2D eigenvalue weighted by Gasteiger charge is -2.33. The van der Waals surface area contributed by atoms with Crippen LogP contribution in [-0.4, -0.2) is 48.4 Å². The van der Waals surface area contributed by atoms with Crippen LogP contribution in [0.1, 0.15) is 59.3 Å². The molecule has 7 heteroatoms. The van der Waals surface area contributed by atoms with Gasteiger partial charge in [0.25, 0.3) is 0 Å². The lowest BCUT2D eigenvalue weighted by atomic mass is 9.90. The Bertz CT molecular complexity index is 566. The molecular formula is C18H26O7. The first-order valence-electron chi connectivity index (χ1n) is 9.28. The predicted molar refractivity (Wildman–Crippen MR) is 84.3 cm³/mol. The van der Waals surface area contributed by atoms with Crippen LogP contribution >= 0.6 is 0 Å². The molecule has 25 heavy (non-hydrogen) atoms. The van der Waals surface area contributed by atoms with Gasteiger partial charge in [-0.25, -0.2) is 4.79 Å². The van der Waals surface area contributed by atoms with Crippen LogP contribution in [0.25, 0.3) is 0 Å². The average molecular weight is 354 g/mol. The zero-order valence-electron chi connectivity index (χ0n) is 15.0. The maximum Gasteiger partial charge on any atom is 0.350 e. The van der Waals surface area contributed by atoms with Gasteiger partial charge < -0.3 is 23.7 Å². The van der Waals surface area contributed by atoms with E-state index in [2.05, 4.69) is 0 Å². The Kier molecular flexibility index (Phi) is 4.09. The van der Waals surface area contributed by atoms with Gasteiger partial charge in [-0.05, 0) is 33.1 Å². The monoisotopic (exact) mass is 354 g/mol. The number of esters is 2. The van der Waals surface area contributed by atoms with Crippen molar-refractivity contribution < 1.29 is 33.3 Å². The van der Waals surface area contributed by atoms with Gasteiger partial charge in [0.2, 0.25) is 6.10 Å². The molecule has 3 heterocycles. The van der Waals surface area contributed by atoms with Crippen LogP contribution in [0, 0.1) is 5.41 Å². The van der Waals surface area contributed by atoms with E-state index >= 15 is 0 Å². The third-order valence-corrected chi connectivity index (χ3v) is 5.96. The van der Waals surface area contributed by atoms with Crippen LogP contribution < -0.4 is 0 Å². The molecule has 4 aliphatic rings. The molecule has 1 aliphatic carbocycles. The maximum atomic E-state index is 12.3. The fourth-order valence-corrected chi connectivity index (χ4v) is 3.93. The van der Waals surface area contributed by atoms with Crippen molar-refractivity contribution in [3.05, 3.63) is 0 Å². The summed E-state index contributed by atoms with van der Waals surface area (Å²) >= 11 is 0. The van der Waals surface area contributed by atoms with Crippen molar-refractivity contribution in [1.82, 2.24) is 0 Å². The molecule has 0 N–H and O–H groups in total. The number of fused-ring (bicyclic) bond motifs is 3. The number of rotatable bonds is 3. The third kappa shape index (κ3) is 2.76. The molecule has 0 bridgehead atoms. The first-order chi connectivity index (χ1) is 11.9. The quantitative estimate of drug-likeness (QED) is 0.718. The molecule has 5 atom stereocenters. The molecule has 4 rings (SSSR count). The first kappa shape index (κ1) is 17.2. The molecule has 0 aromatic heterocycles. The molecule has 1 saturated carbocycles. The Morgan fingerprint density at radius 3 is 2.56 bits per heavy atom. The first-order valence-corrected chi connectivity index (χ1v) is 9.28. The Hall–Kier alpha value is -1.18. The molecule has 140 valence electrons. The number of carbonyl (C=O) groups is 2. The van der Waals surface area contributed by atoms with Gasteiger partial charge in [0.1, 0.15) is 6.10 Å². The average Bonchev–Trinajstić information content (AvgIpc) is 3.17. The minimum absolute atomic E-state index is 0.427. The highest BCUT2D eigenvalue weighted by molar-refractivity contribution is 5.84. The normalized spacial score (nSPS) is 39.2. The van der Waals surface area contributed by atoms with E-state index in [-0.39, 0.29) is 0 Å². The summed E-state index contributed by atoms with van der Waals surface area (Å²) in [5, 5.41) is 0. The number of hydrogen-bond acceptors (Lipinski definition) is 7.